The van der Waals surface area contributed by atoms with E-state index in [2.05, 4.69) is 20.9 Å². The van der Waals surface area contributed by atoms with Gasteiger partial charge >= 0.3 is 0 Å². The van der Waals surface area contributed by atoms with Gasteiger partial charge in [0.2, 0.25) is 17.7 Å². The van der Waals surface area contributed by atoms with Gasteiger partial charge in [-0.25, -0.2) is 13.2 Å². The molecule has 3 atom stereocenters. The average Bonchev–Trinajstić information content (AvgIpc) is 3.37. The van der Waals surface area contributed by atoms with Crippen molar-refractivity contribution in [3.63, 3.8) is 0 Å². The van der Waals surface area contributed by atoms with Crippen molar-refractivity contribution in [2.45, 2.75) is 50.6 Å². The summed E-state index contributed by atoms with van der Waals surface area (Å²) in [6.07, 6.45) is 0.522. The molecular formula is C22H28F3N5O4Si. The molecule has 6 N–H and O–H groups in total. The number of aromatic amines is 1. The van der Waals surface area contributed by atoms with E-state index in [0.717, 1.165) is 6.07 Å². The number of H-pyrrole nitrogens is 1. The summed E-state index contributed by atoms with van der Waals surface area (Å²) in [6, 6.07) is -0.541. The van der Waals surface area contributed by atoms with E-state index in [1.807, 2.05) is 19.6 Å². The fourth-order valence-electron chi connectivity index (χ4n) is 4.04. The Morgan fingerprint density at radius 2 is 1.80 bits per heavy atom. The highest BCUT2D eigenvalue weighted by Crippen LogP contribution is 2.24. The summed E-state index contributed by atoms with van der Waals surface area (Å²) in [5.41, 5.74) is 4.66. The molecule has 2 heterocycles. The second-order valence-corrected chi connectivity index (χ2v) is 15.4. The monoisotopic (exact) mass is 511 g/mol. The van der Waals surface area contributed by atoms with Crippen molar-refractivity contribution in [3.8, 4) is 0 Å². The minimum absolute atomic E-state index is 0.0205. The predicted octanol–water partition coefficient (Wildman–Crippen LogP) is 1.52. The van der Waals surface area contributed by atoms with Gasteiger partial charge in [-0.1, -0.05) is 19.6 Å². The van der Waals surface area contributed by atoms with Gasteiger partial charge < -0.3 is 26.7 Å². The van der Waals surface area contributed by atoms with Crippen LogP contribution in [0.5, 0.6) is 0 Å². The molecule has 9 nitrogen and oxygen atoms in total. The van der Waals surface area contributed by atoms with E-state index in [0.29, 0.717) is 19.0 Å². The Hall–Kier alpha value is -3.35. The summed E-state index contributed by atoms with van der Waals surface area (Å²) < 4.78 is 41.6. The number of nitrogens with one attached hydrogen (secondary N) is 4. The zero-order valence-corrected chi connectivity index (χ0v) is 20.6. The lowest BCUT2D eigenvalue weighted by Crippen LogP contribution is -2.55. The second-order valence-electron chi connectivity index (χ2n) is 9.89. The molecule has 0 unspecified atom stereocenters. The van der Waals surface area contributed by atoms with Crippen LogP contribution in [0.25, 0.3) is 10.9 Å². The Bertz CT molecular complexity index is 1180. The number of fused-ring (bicyclic) bond motifs is 1. The van der Waals surface area contributed by atoms with E-state index in [1.54, 1.807) is 0 Å². The van der Waals surface area contributed by atoms with Crippen molar-refractivity contribution in [3.05, 3.63) is 35.3 Å². The van der Waals surface area contributed by atoms with Gasteiger partial charge in [0, 0.05) is 32.0 Å². The summed E-state index contributed by atoms with van der Waals surface area (Å²) in [6.45, 7) is 6.35. The third-order valence-corrected chi connectivity index (χ3v) is 7.42. The fourth-order valence-corrected chi connectivity index (χ4v) is 5.55. The van der Waals surface area contributed by atoms with Crippen LogP contribution in [-0.4, -0.2) is 55.3 Å². The van der Waals surface area contributed by atoms with Crippen LogP contribution in [-0.2, 0) is 14.4 Å². The van der Waals surface area contributed by atoms with Gasteiger partial charge in [-0.15, -0.1) is 0 Å². The number of nitrogens with two attached hydrogens (primary N) is 1. The van der Waals surface area contributed by atoms with E-state index in [9.17, 15) is 32.3 Å². The maximum absolute atomic E-state index is 14.0. The summed E-state index contributed by atoms with van der Waals surface area (Å²) in [5.74, 6) is -6.84. The standard InChI is InChI=1S/C22H28F3N5O4Si/c1-35(2,3)9-16(22(34)29-14(19(26)31)6-10-4-5-27-20(10)32)30-21(33)15-7-11-12(23)8-13(24)17(25)18(11)28-15/h7-8,10,14,16,28H,4-6,9H2,1-3H3,(H2,26,31)(H,27,32)(H,29,34)(H,30,33)/t10-,14-,16-/m0/s1. The molecule has 0 aliphatic carbocycles. The smallest absolute Gasteiger partial charge is 0.268 e. The van der Waals surface area contributed by atoms with Gasteiger partial charge in [-0.2, -0.15) is 0 Å². The Morgan fingerprint density at radius 1 is 1.11 bits per heavy atom. The largest absolute Gasteiger partial charge is 0.368 e. The first-order valence-corrected chi connectivity index (χ1v) is 14.8. The predicted molar refractivity (Wildman–Crippen MR) is 124 cm³/mol. The van der Waals surface area contributed by atoms with Crippen LogP contribution in [0.2, 0.25) is 25.7 Å². The third kappa shape index (κ3) is 6.21. The Balaban J connectivity index is 1.81. The number of aromatic nitrogens is 1. The third-order valence-electron chi connectivity index (χ3n) is 5.78. The van der Waals surface area contributed by atoms with Crippen molar-refractivity contribution in [1.29, 1.82) is 0 Å². The molecule has 0 radical (unpaired) electrons. The molecule has 1 aromatic heterocycles. The number of carbonyl (C=O) groups is 4. The average molecular weight is 512 g/mol. The SMILES string of the molecule is C[Si](C)(C)C[C@H](NC(=O)c1cc2c(F)cc(F)c(F)c2[nH]1)C(=O)N[C@@H](C[C@@H]1CCNC1=O)C(N)=O. The number of primary amides is 1. The van der Waals surface area contributed by atoms with Crippen LogP contribution in [0, 0.1) is 23.4 Å². The quantitative estimate of drug-likeness (QED) is 0.257. The maximum Gasteiger partial charge on any atom is 0.268 e. The lowest BCUT2D eigenvalue weighted by Gasteiger charge is -2.27. The molecule has 2 aromatic rings. The Labute approximate surface area is 200 Å². The van der Waals surface area contributed by atoms with E-state index in [4.69, 9.17) is 5.73 Å². The van der Waals surface area contributed by atoms with Crippen LogP contribution in [0.1, 0.15) is 23.3 Å². The van der Waals surface area contributed by atoms with Gasteiger partial charge in [0.1, 0.15) is 23.6 Å². The summed E-state index contributed by atoms with van der Waals surface area (Å²) in [4.78, 5) is 52.2. The van der Waals surface area contributed by atoms with Crippen molar-refractivity contribution < 1.29 is 32.3 Å². The van der Waals surface area contributed by atoms with Crippen LogP contribution >= 0.6 is 0 Å². The number of hydrogen-bond acceptors (Lipinski definition) is 4. The van der Waals surface area contributed by atoms with Crippen LogP contribution in [0.4, 0.5) is 13.2 Å². The van der Waals surface area contributed by atoms with Crippen LogP contribution < -0.4 is 21.7 Å². The maximum atomic E-state index is 14.0. The van der Waals surface area contributed by atoms with Gasteiger partial charge in [0.25, 0.3) is 5.91 Å². The second kappa shape index (κ2) is 10.1. The number of rotatable bonds is 9. The van der Waals surface area contributed by atoms with Crippen molar-refractivity contribution >= 4 is 42.6 Å². The van der Waals surface area contributed by atoms with Crippen LogP contribution in [0.15, 0.2) is 12.1 Å². The van der Waals surface area contributed by atoms with Crippen molar-refractivity contribution in [2.75, 3.05) is 6.54 Å². The highest BCUT2D eigenvalue weighted by atomic mass is 28.3. The topological polar surface area (TPSA) is 146 Å². The van der Waals surface area contributed by atoms with E-state index < -0.39 is 66.8 Å². The number of amides is 4. The summed E-state index contributed by atoms with van der Waals surface area (Å²) in [5, 5.41) is 7.40. The normalized spacial score (nSPS) is 17.7. The van der Waals surface area contributed by atoms with Gasteiger partial charge in [-0.3, -0.25) is 19.2 Å². The zero-order chi connectivity index (χ0) is 26.1. The number of carbonyl (C=O) groups excluding carboxylic acids is 4. The molecular weight excluding hydrogens is 483 g/mol. The first-order valence-electron chi connectivity index (χ1n) is 11.1. The Kier molecular flexibility index (Phi) is 7.58. The lowest BCUT2D eigenvalue weighted by molar-refractivity contribution is -0.129. The first-order chi connectivity index (χ1) is 16.3. The molecule has 13 heteroatoms. The van der Waals surface area contributed by atoms with E-state index in [-0.39, 0.29) is 29.5 Å². The molecule has 35 heavy (non-hydrogen) atoms. The van der Waals surface area contributed by atoms with Crippen molar-refractivity contribution in [2.24, 2.45) is 11.7 Å². The molecule has 1 aromatic carbocycles. The molecule has 1 saturated heterocycles. The molecule has 0 spiro atoms. The first kappa shape index (κ1) is 26.3. The van der Waals surface area contributed by atoms with Crippen LogP contribution in [0.3, 0.4) is 0 Å². The summed E-state index contributed by atoms with van der Waals surface area (Å²) >= 11 is 0. The fraction of sp³-hybridized carbons (Fsp3) is 0.455. The summed E-state index contributed by atoms with van der Waals surface area (Å²) in [7, 11) is -1.97. The molecule has 3 rings (SSSR count). The number of benzene rings is 1. The lowest BCUT2D eigenvalue weighted by atomic mass is 9.97. The number of hydrogen-bond donors (Lipinski definition) is 5. The highest BCUT2D eigenvalue weighted by Gasteiger charge is 2.34. The molecule has 1 aliphatic rings. The molecule has 1 aliphatic heterocycles. The van der Waals surface area contributed by atoms with Gasteiger partial charge in [0.15, 0.2) is 11.6 Å². The highest BCUT2D eigenvalue weighted by molar-refractivity contribution is 6.76. The van der Waals surface area contributed by atoms with E-state index >= 15 is 0 Å². The zero-order valence-electron chi connectivity index (χ0n) is 19.6. The molecule has 190 valence electrons. The minimum atomic E-state index is -1.97. The van der Waals surface area contributed by atoms with Gasteiger partial charge in [0.05, 0.1) is 5.52 Å². The molecule has 0 bridgehead atoms. The van der Waals surface area contributed by atoms with Gasteiger partial charge in [-0.05, 0) is 25.0 Å². The number of halogens is 3. The Morgan fingerprint density at radius 3 is 2.37 bits per heavy atom. The molecule has 4 amide bonds. The molecule has 1 fully saturated rings. The van der Waals surface area contributed by atoms with Crippen molar-refractivity contribution in [1.82, 2.24) is 20.9 Å². The minimum Gasteiger partial charge on any atom is -0.368 e. The van der Waals surface area contributed by atoms with E-state index in [1.165, 1.54) is 0 Å². The molecule has 0 saturated carbocycles.